The van der Waals surface area contributed by atoms with Crippen LogP contribution in [0.25, 0.3) is 0 Å². The summed E-state index contributed by atoms with van der Waals surface area (Å²) >= 11 is 0. The summed E-state index contributed by atoms with van der Waals surface area (Å²) < 4.78 is 45.6. The van der Waals surface area contributed by atoms with Crippen molar-refractivity contribution in [3.05, 3.63) is 7.05 Å². The van der Waals surface area contributed by atoms with Gasteiger partial charge in [0.25, 0.3) is 0 Å². The van der Waals surface area contributed by atoms with Crippen molar-refractivity contribution in [1.82, 2.24) is 9.03 Å². The molecule has 0 bridgehead atoms. The monoisotopic (exact) mass is 229 g/mol. The maximum Gasteiger partial charge on any atom is 0.211 e. The standard InChI is InChI=1S/C5H13N2O4S2/c1-7(13(3,10)11)5-4-6-12(2,8)9/h6H,1,4-5H2,2-3H3. The van der Waals surface area contributed by atoms with Crippen LogP contribution in [0.4, 0.5) is 0 Å². The first kappa shape index (κ1) is 12.8. The van der Waals surface area contributed by atoms with Gasteiger partial charge in [-0.15, -0.1) is 0 Å². The van der Waals surface area contributed by atoms with Gasteiger partial charge in [0.05, 0.1) is 12.5 Å². The molecular formula is C5H13N2O4S2. The highest BCUT2D eigenvalue weighted by molar-refractivity contribution is 7.88. The van der Waals surface area contributed by atoms with Gasteiger partial charge in [0, 0.05) is 20.1 Å². The lowest BCUT2D eigenvalue weighted by molar-refractivity contribution is 0.498. The molecule has 1 N–H and O–H groups in total. The summed E-state index contributed by atoms with van der Waals surface area (Å²) in [4.78, 5) is 0. The van der Waals surface area contributed by atoms with E-state index in [0.29, 0.717) is 0 Å². The van der Waals surface area contributed by atoms with E-state index in [1.807, 2.05) is 0 Å². The Morgan fingerprint density at radius 1 is 1.23 bits per heavy atom. The number of nitrogens with zero attached hydrogens (tertiary/aromatic N) is 1. The fourth-order valence-electron chi connectivity index (χ4n) is 0.522. The molecule has 0 spiro atoms. The van der Waals surface area contributed by atoms with Gasteiger partial charge < -0.3 is 0 Å². The van der Waals surface area contributed by atoms with Crippen LogP contribution in [0, 0.1) is 7.05 Å². The molecule has 0 saturated carbocycles. The second-order valence-electron chi connectivity index (χ2n) is 2.60. The number of hydrogen-bond acceptors (Lipinski definition) is 4. The predicted molar refractivity (Wildman–Crippen MR) is 49.8 cm³/mol. The summed E-state index contributed by atoms with van der Waals surface area (Å²) in [5, 5.41) is 0. The van der Waals surface area contributed by atoms with Crippen molar-refractivity contribution in [1.29, 1.82) is 0 Å². The van der Waals surface area contributed by atoms with Gasteiger partial charge in [-0.05, 0) is 0 Å². The van der Waals surface area contributed by atoms with E-state index in [0.717, 1.165) is 16.8 Å². The molecule has 0 saturated heterocycles. The lowest BCUT2D eigenvalue weighted by Gasteiger charge is -2.12. The third kappa shape index (κ3) is 6.94. The molecule has 8 heteroatoms. The quantitative estimate of drug-likeness (QED) is 0.627. The highest BCUT2D eigenvalue weighted by atomic mass is 32.2. The minimum atomic E-state index is -3.33. The summed E-state index contributed by atoms with van der Waals surface area (Å²) in [6.07, 6.45) is 2.00. The second-order valence-corrected chi connectivity index (χ2v) is 6.42. The molecule has 0 aliphatic carbocycles. The topological polar surface area (TPSA) is 83.6 Å². The number of hydrogen-bond donors (Lipinski definition) is 1. The van der Waals surface area contributed by atoms with Crippen molar-refractivity contribution >= 4 is 20.0 Å². The molecule has 0 unspecified atom stereocenters. The Morgan fingerprint density at radius 2 is 1.69 bits per heavy atom. The Morgan fingerprint density at radius 3 is 2.00 bits per heavy atom. The summed E-state index contributed by atoms with van der Waals surface area (Å²) in [6, 6.07) is 0. The SMILES string of the molecule is [CH2]N(CCNS(C)(=O)=O)S(C)(=O)=O. The molecule has 0 fully saturated rings. The fourth-order valence-corrected chi connectivity index (χ4v) is 1.41. The number of nitrogens with one attached hydrogen (secondary N) is 1. The van der Waals surface area contributed by atoms with E-state index in [1.165, 1.54) is 0 Å². The first-order valence-corrected chi connectivity index (χ1v) is 7.10. The third-order valence-corrected chi connectivity index (χ3v) is 3.04. The third-order valence-electron chi connectivity index (χ3n) is 1.19. The molecule has 0 aromatic carbocycles. The lowest BCUT2D eigenvalue weighted by Crippen LogP contribution is -2.34. The molecule has 1 radical (unpaired) electrons. The van der Waals surface area contributed by atoms with E-state index in [-0.39, 0.29) is 13.1 Å². The molecule has 6 nitrogen and oxygen atoms in total. The van der Waals surface area contributed by atoms with E-state index in [1.54, 1.807) is 0 Å². The van der Waals surface area contributed by atoms with E-state index < -0.39 is 20.0 Å². The normalized spacial score (nSPS) is 13.5. The number of sulfonamides is 2. The average Bonchev–Trinajstić information content (AvgIpc) is 1.82. The Bertz CT molecular complexity index is 345. The van der Waals surface area contributed by atoms with Crippen LogP contribution in [0.1, 0.15) is 0 Å². The minimum absolute atomic E-state index is 0.0197. The van der Waals surface area contributed by atoms with Crippen molar-refractivity contribution in [2.75, 3.05) is 25.6 Å². The maximum absolute atomic E-state index is 10.8. The van der Waals surface area contributed by atoms with Crippen LogP contribution in [-0.2, 0) is 20.0 Å². The molecule has 79 valence electrons. The average molecular weight is 229 g/mol. The van der Waals surface area contributed by atoms with Crippen LogP contribution in [0.2, 0.25) is 0 Å². The van der Waals surface area contributed by atoms with Gasteiger partial charge in [0.15, 0.2) is 0 Å². The van der Waals surface area contributed by atoms with Crippen molar-refractivity contribution in [3.8, 4) is 0 Å². The second kappa shape index (κ2) is 4.36. The Hall–Kier alpha value is -0.180. The molecule has 0 amide bonds. The van der Waals surface area contributed by atoms with Crippen molar-refractivity contribution in [2.45, 2.75) is 0 Å². The van der Waals surface area contributed by atoms with Crippen LogP contribution in [0.3, 0.4) is 0 Å². The first-order valence-electron chi connectivity index (χ1n) is 3.36. The van der Waals surface area contributed by atoms with Crippen LogP contribution >= 0.6 is 0 Å². The minimum Gasteiger partial charge on any atom is -0.214 e. The summed E-state index contributed by atoms with van der Waals surface area (Å²) in [7, 11) is -3.36. The predicted octanol–water partition coefficient (Wildman–Crippen LogP) is -1.41. The zero-order valence-electron chi connectivity index (χ0n) is 7.52. The molecule has 0 aliphatic rings. The number of rotatable bonds is 5. The first-order chi connectivity index (χ1) is 5.63. The molecule has 0 rings (SSSR count). The molecule has 0 atom stereocenters. The largest absolute Gasteiger partial charge is 0.214 e. The van der Waals surface area contributed by atoms with E-state index >= 15 is 0 Å². The smallest absolute Gasteiger partial charge is 0.211 e. The molecule has 13 heavy (non-hydrogen) atoms. The van der Waals surface area contributed by atoms with Gasteiger partial charge >= 0.3 is 0 Å². The van der Waals surface area contributed by atoms with Crippen LogP contribution in [-0.4, -0.2) is 46.7 Å². The molecular weight excluding hydrogens is 216 g/mol. The molecule has 0 aromatic rings. The van der Waals surface area contributed by atoms with E-state index in [9.17, 15) is 16.8 Å². The molecule has 0 heterocycles. The van der Waals surface area contributed by atoms with Crippen LogP contribution < -0.4 is 4.72 Å². The molecule has 0 aromatic heterocycles. The van der Waals surface area contributed by atoms with E-state index in [2.05, 4.69) is 11.8 Å². The van der Waals surface area contributed by atoms with Crippen molar-refractivity contribution < 1.29 is 16.8 Å². The highest BCUT2D eigenvalue weighted by Gasteiger charge is 2.10. The fraction of sp³-hybridized carbons (Fsp3) is 0.800. The molecule has 0 aliphatic heterocycles. The van der Waals surface area contributed by atoms with Gasteiger partial charge in [-0.3, -0.25) is 0 Å². The van der Waals surface area contributed by atoms with Gasteiger partial charge in [-0.1, -0.05) is 0 Å². The Labute approximate surface area is 79.0 Å². The summed E-state index contributed by atoms with van der Waals surface area (Å²) in [6.45, 7) is 0.0430. The van der Waals surface area contributed by atoms with Gasteiger partial charge in [0.2, 0.25) is 20.0 Å². The Kier molecular flexibility index (Phi) is 4.30. The van der Waals surface area contributed by atoms with Crippen LogP contribution in [0.5, 0.6) is 0 Å². The lowest BCUT2D eigenvalue weighted by atomic mass is 10.7. The zero-order valence-corrected chi connectivity index (χ0v) is 9.15. The highest BCUT2D eigenvalue weighted by Crippen LogP contribution is 1.92. The summed E-state index contributed by atoms with van der Waals surface area (Å²) in [5.41, 5.74) is 0. The van der Waals surface area contributed by atoms with Gasteiger partial charge in [-0.25, -0.2) is 21.6 Å². The van der Waals surface area contributed by atoms with Crippen LogP contribution in [0.15, 0.2) is 0 Å². The van der Waals surface area contributed by atoms with Gasteiger partial charge in [0.1, 0.15) is 0 Å². The maximum atomic E-state index is 10.8. The van der Waals surface area contributed by atoms with Gasteiger partial charge in [-0.2, -0.15) is 4.31 Å². The van der Waals surface area contributed by atoms with E-state index in [4.69, 9.17) is 0 Å². The Balaban J connectivity index is 3.94. The zero-order chi connectivity index (χ0) is 10.7. The van der Waals surface area contributed by atoms with Crippen molar-refractivity contribution in [2.24, 2.45) is 0 Å². The van der Waals surface area contributed by atoms with Crippen molar-refractivity contribution in [3.63, 3.8) is 0 Å². The summed E-state index contributed by atoms with van der Waals surface area (Å²) in [5.74, 6) is 0.